The van der Waals surface area contributed by atoms with E-state index >= 15 is 0 Å². The highest BCUT2D eigenvalue weighted by Gasteiger charge is 2.17. The van der Waals surface area contributed by atoms with Crippen molar-refractivity contribution in [2.75, 3.05) is 0 Å². The van der Waals surface area contributed by atoms with Gasteiger partial charge in [0, 0.05) is 27.5 Å². The fourth-order valence-corrected chi connectivity index (χ4v) is 4.48. The molecule has 33 heavy (non-hydrogen) atoms. The first-order chi connectivity index (χ1) is 16.3. The van der Waals surface area contributed by atoms with Crippen LogP contribution in [0, 0.1) is 5.41 Å². The number of para-hydroxylation sites is 2. The molecule has 0 unspecified atom stereocenters. The summed E-state index contributed by atoms with van der Waals surface area (Å²) in [5.74, 6) is 0. The Balaban J connectivity index is 1.49. The zero-order chi connectivity index (χ0) is 22.2. The smallest absolute Gasteiger partial charge is 0.144 e. The molecule has 5 aromatic carbocycles. The van der Waals surface area contributed by atoms with E-state index in [4.69, 9.17) is 9.83 Å². The van der Waals surface area contributed by atoms with Gasteiger partial charge in [0.1, 0.15) is 11.2 Å². The van der Waals surface area contributed by atoms with E-state index in [1.165, 1.54) is 11.1 Å². The minimum Gasteiger partial charge on any atom is -0.455 e. The largest absolute Gasteiger partial charge is 0.455 e. The minimum absolute atomic E-state index is 0.467. The third-order valence-electron chi connectivity index (χ3n) is 6.16. The van der Waals surface area contributed by atoms with Gasteiger partial charge in [-0.25, -0.2) is 0 Å². The summed E-state index contributed by atoms with van der Waals surface area (Å²) in [6.45, 7) is 0. The Morgan fingerprint density at radius 1 is 0.485 bits per heavy atom. The Morgan fingerprint density at radius 2 is 1.06 bits per heavy atom. The summed E-state index contributed by atoms with van der Waals surface area (Å²) in [5, 5.41) is 10.9. The van der Waals surface area contributed by atoms with E-state index in [2.05, 4.69) is 72.8 Å². The molecule has 0 aliphatic rings. The van der Waals surface area contributed by atoms with E-state index < -0.39 is 0 Å². The molecule has 0 atom stereocenters. The van der Waals surface area contributed by atoms with E-state index in [0.717, 1.165) is 44.2 Å². The molecule has 0 aliphatic heterocycles. The Bertz CT molecular complexity index is 1590. The molecule has 0 amide bonds. The molecule has 2 heteroatoms. The molecule has 0 radical (unpaired) electrons. The first-order valence-corrected chi connectivity index (χ1v) is 11.0. The topological polar surface area (TPSA) is 37.0 Å². The van der Waals surface area contributed by atoms with Crippen LogP contribution >= 0.6 is 0 Å². The molecular weight excluding hydrogens is 402 g/mol. The predicted octanol–water partition coefficient (Wildman–Crippen LogP) is 8.34. The van der Waals surface area contributed by atoms with Crippen molar-refractivity contribution in [2.45, 2.75) is 0 Å². The van der Waals surface area contributed by atoms with Gasteiger partial charge in [0.2, 0.25) is 0 Å². The van der Waals surface area contributed by atoms with Crippen LogP contribution in [0.1, 0.15) is 11.1 Å². The van der Waals surface area contributed by atoms with E-state index in [1.807, 2.05) is 48.5 Å². The summed E-state index contributed by atoms with van der Waals surface area (Å²) in [6, 6.07) is 41.1. The van der Waals surface area contributed by atoms with Gasteiger partial charge in [0.25, 0.3) is 0 Å². The molecule has 0 saturated carbocycles. The van der Waals surface area contributed by atoms with Crippen LogP contribution in [0.4, 0.5) is 0 Å². The van der Waals surface area contributed by atoms with Gasteiger partial charge in [-0.1, -0.05) is 115 Å². The maximum absolute atomic E-state index is 8.79. The highest BCUT2D eigenvalue weighted by molar-refractivity contribution is 6.20. The lowest BCUT2D eigenvalue weighted by atomic mass is 9.98. The van der Waals surface area contributed by atoms with Gasteiger partial charge in [-0.05, 0) is 22.8 Å². The fourth-order valence-electron chi connectivity index (χ4n) is 4.48. The summed E-state index contributed by atoms with van der Waals surface area (Å²) in [7, 11) is 0. The van der Waals surface area contributed by atoms with E-state index in [0.29, 0.717) is 5.71 Å². The van der Waals surface area contributed by atoms with Crippen molar-refractivity contribution in [3.8, 4) is 22.3 Å². The second-order valence-electron chi connectivity index (χ2n) is 8.15. The number of furan rings is 1. The van der Waals surface area contributed by atoms with Crippen molar-refractivity contribution in [1.29, 1.82) is 5.41 Å². The van der Waals surface area contributed by atoms with Crippen LogP contribution in [0.25, 0.3) is 44.2 Å². The molecule has 2 nitrogen and oxygen atoms in total. The Morgan fingerprint density at radius 3 is 1.79 bits per heavy atom. The van der Waals surface area contributed by atoms with Crippen molar-refractivity contribution < 1.29 is 4.42 Å². The molecular formula is C31H21NO. The molecule has 1 N–H and O–H groups in total. The van der Waals surface area contributed by atoms with Gasteiger partial charge in [-0.3, -0.25) is 5.41 Å². The molecule has 0 bridgehead atoms. The SMILES string of the molecule is N=C(c1ccccc1)c1cccc2c1oc1c(-c3ccc(-c4ccccc4)cc3)cccc12. The third kappa shape index (κ3) is 3.33. The second-order valence-corrected chi connectivity index (χ2v) is 8.15. The number of hydrogen-bond acceptors (Lipinski definition) is 2. The average Bonchev–Trinajstić information content (AvgIpc) is 3.28. The maximum Gasteiger partial charge on any atom is 0.144 e. The van der Waals surface area contributed by atoms with Crippen molar-refractivity contribution in [3.05, 3.63) is 132 Å². The van der Waals surface area contributed by atoms with Crippen molar-refractivity contribution >= 4 is 27.7 Å². The molecule has 1 heterocycles. The average molecular weight is 424 g/mol. The Labute approximate surface area is 192 Å². The van der Waals surface area contributed by atoms with Gasteiger partial charge in [-0.15, -0.1) is 0 Å². The molecule has 6 aromatic rings. The molecule has 1 aromatic heterocycles. The fraction of sp³-hybridized carbons (Fsp3) is 0. The highest BCUT2D eigenvalue weighted by atomic mass is 16.3. The zero-order valence-corrected chi connectivity index (χ0v) is 18.0. The van der Waals surface area contributed by atoms with Crippen molar-refractivity contribution in [3.63, 3.8) is 0 Å². The highest BCUT2D eigenvalue weighted by Crippen LogP contribution is 2.38. The Kier molecular flexibility index (Phi) is 4.63. The summed E-state index contributed by atoms with van der Waals surface area (Å²) in [4.78, 5) is 0. The lowest BCUT2D eigenvalue weighted by Crippen LogP contribution is -2.01. The quantitative estimate of drug-likeness (QED) is 0.284. The van der Waals surface area contributed by atoms with E-state index in [9.17, 15) is 0 Å². The maximum atomic E-state index is 8.79. The van der Waals surface area contributed by atoms with E-state index in [-0.39, 0.29) is 0 Å². The van der Waals surface area contributed by atoms with Gasteiger partial charge in [0.15, 0.2) is 0 Å². The van der Waals surface area contributed by atoms with Gasteiger partial charge in [-0.2, -0.15) is 0 Å². The summed E-state index contributed by atoms with van der Waals surface area (Å²) in [5.41, 5.74) is 8.32. The van der Waals surface area contributed by atoms with Crippen LogP contribution in [0.15, 0.2) is 126 Å². The standard InChI is InChI=1S/C31H21NO/c32-29(24-11-5-2-6-12-24)28-16-8-15-27-26-14-7-13-25(30(26)33-31(27)28)23-19-17-22(18-20-23)21-9-3-1-4-10-21/h1-20,32H. The lowest BCUT2D eigenvalue weighted by molar-refractivity contribution is 0.669. The number of rotatable bonds is 4. The van der Waals surface area contributed by atoms with Crippen LogP contribution < -0.4 is 0 Å². The third-order valence-corrected chi connectivity index (χ3v) is 6.16. The van der Waals surface area contributed by atoms with Crippen molar-refractivity contribution in [2.24, 2.45) is 0 Å². The van der Waals surface area contributed by atoms with Crippen LogP contribution in [0.2, 0.25) is 0 Å². The normalized spacial score (nSPS) is 11.2. The van der Waals surface area contributed by atoms with Crippen LogP contribution in [0.5, 0.6) is 0 Å². The number of fused-ring (bicyclic) bond motifs is 3. The second kappa shape index (κ2) is 7.92. The Hall–Kier alpha value is -4.43. The van der Waals surface area contributed by atoms with Gasteiger partial charge in [0.05, 0.1) is 5.71 Å². The molecule has 0 saturated heterocycles. The summed E-state index contributed by atoms with van der Waals surface area (Å²) < 4.78 is 6.49. The molecule has 6 rings (SSSR count). The predicted molar refractivity (Wildman–Crippen MR) is 137 cm³/mol. The lowest BCUT2D eigenvalue weighted by Gasteiger charge is -2.06. The zero-order valence-electron chi connectivity index (χ0n) is 18.0. The van der Waals surface area contributed by atoms with Crippen LogP contribution in [-0.2, 0) is 0 Å². The summed E-state index contributed by atoms with van der Waals surface area (Å²) >= 11 is 0. The monoisotopic (exact) mass is 423 g/mol. The van der Waals surface area contributed by atoms with Crippen LogP contribution in [0.3, 0.4) is 0 Å². The first kappa shape index (κ1) is 19.3. The van der Waals surface area contributed by atoms with Crippen LogP contribution in [-0.4, -0.2) is 5.71 Å². The molecule has 0 aliphatic carbocycles. The van der Waals surface area contributed by atoms with Gasteiger partial charge >= 0.3 is 0 Å². The van der Waals surface area contributed by atoms with Crippen molar-refractivity contribution in [1.82, 2.24) is 0 Å². The molecule has 0 spiro atoms. The van der Waals surface area contributed by atoms with Gasteiger partial charge < -0.3 is 4.42 Å². The number of hydrogen-bond donors (Lipinski definition) is 1. The number of benzene rings is 5. The minimum atomic E-state index is 0.467. The molecule has 156 valence electrons. The summed E-state index contributed by atoms with van der Waals surface area (Å²) in [6.07, 6.45) is 0. The number of nitrogens with one attached hydrogen (secondary N) is 1. The first-order valence-electron chi connectivity index (χ1n) is 11.0. The molecule has 0 fully saturated rings. The van der Waals surface area contributed by atoms with E-state index in [1.54, 1.807) is 0 Å².